The van der Waals surface area contributed by atoms with E-state index < -0.39 is 41.7 Å². The van der Waals surface area contributed by atoms with Gasteiger partial charge >= 0.3 is 5.97 Å². The number of ketones is 1. The Morgan fingerprint density at radius 2 is 1.66 bits per heavy atom. The van der Waals surface area contributed by atoms with E-state index in [2.05, 4.69) is 0 Å². The van der Waals surface area contributed by atoms with Gasteiger partial charge in [0.25, 0.3) is 0 Å². The van der Waals surface area contributed by atoms with Gasteiger partial charge in [0, 0.05) is 6.20 Å². The van der Waals surface area contributed by atoms with Crippen LogP contribution in [0.2, 0.25) is 0 Å². The van der Waals surface area contributed by atoms with Gasteiger partial charge in [0.05, 0.1) is 42.5 Å². The highest BCUT2D eigenvalue weighted by molar-refractivity contribution is 6.26. The summed E-state index contributed by atoms with van der Waals surface area (Å²) in [6, 6.07) is 15.7. The molecule has 6 rings (SSSR count). The molecule has 2 amide bonds. The smallest absolute Gasteiger partial charge is 0.339 e. The molecule has 2 saturated heterocycles. The lowest BCUT2D eigenvalue weighted by Gasteiger charge is -2.35. The summed E-state index contributed by atoms with van der Waals surface area (Å²) in [4.78, 5) is 56.7. The molecule has 3 aromatic rings. The van der Waals surface area contributed by atoms with Gasteiger partial charge in [-0.25, -0.2) is 9.69 Å². The van der Waals surface area contributed by atoms with Crippen LogP contribution < -0.4 is 4.90 Å². The van der Waals surface area contributed by atoms with Crippen LogP contribution in [-0.4, -0.2) is 41.6 Å². The number of methoxy groups -OCH3 is 1. The number of carbonyl (C=O) groups excluding carboxylic acids is 4. The number of anilines is 1. The number of esters is 1. The van der Waals surface area contributed by atoms with Crippen molar-refractivity contribution < 1.29 is 28.3 Å². The van der Waals surface area contributed by atoms with E-state index in [9.17, 15) is 19.2 Å². The van der Waals surface area contributed by atoms with Gasteiger partial charge in [0.1, 0.15) is 6.04 Å². The molecular formula is C27H20N2O6. The summed E-state index contributed by atoms with van der Waals surface area (Å²) in [7, 11) is 1.24. The molecule has 0 N–H and O–H groups in total. The SMILES string of the molecule is COC(=O)c1ccccc1N1C(=O)[C@@H]2[C@H](C1=O)[C@H]1c3ccccc3C=CN1[C@H]2C(=O)c1ccco1. The second-order valence-electron chi connectivity index (χ2n) is 8.70. The average Bonchev–Trinajstić information content (AvgIpc) is 3.60. The van der Waals surface area contributed by atoms with Crippen molar-refractivity contribution in [3.8, 4) is 0 Å². The molecule has 0 spiro atoms. The molecule has 0 bridgehead atoms. The molecule has 3 aliphatic heterocycles. The van der Waals surface area contributed by atoms with E-state index in [1.54, 1.807) is 36.5 Å². The number of hydrogen-bond acceptors (Lipinski definition) is 7. The summed E-state index contributed by atoms with van der Waals surface area (Å²) in [6.07, 6.45) is 5.07. The Kier molecular flexibility index (Phi) is 4.70. The van der Waals surface area contributed by atoms with Gasteiger partial charge in [0.2, 0.25) is 17.6 Å². The fourth-order valence-corrected chi connectivity index (χ4v) is 5.61. The number of nitrogens with zero attached hydrogens (tertiary/aromatic N) is 2. The second-order valence-corrected chi connectivity index (χ2v) is 8.70. The minimum Gasteiger partial charge on any atom is -0.465 e. The molecule has 0 unspecified atom stereocenters. The second kappa shape index (κ2) is 7.80. The van der Waals surface area contributed by atoms with Crippen LogP contribution in [0.1, 0.15) is 38.1 Å². The van der Waals surface area contributed by atoms with Gasteiger partial charge in [-0.05, 0) is 41.5 Å². The normalized spacial score (nSPS) is 24.3. The topological polar surface area (TPSA) is 97.1 Å². The Balaban J connectivity index is 1.51. The maximum Gasteiger partial charge on any atom is 0.339 e. The van der Waals surface area contributed by atoms with Crippen molar-refractivity contribution in [3.63, 3.8) is 0 Å². The van der Waals surface area contributed by atoms with E-state index in [4.69, 9.17) is 9.15 Å². The number of carbonyl (C=O) groups is 4. The number of fused-ring (bicyclic) bond motifs is 5. The highest BCUT2D eigenvalue weighted by Gasteiger charge is 2.65. The first kappa shape index (κ1) is 21.1. The van der Waals surface area contributed by atoms with E-state index in [1.807, 2.05) is 35.2 Å². The highest BCUT2D eigenvalue weighted by Crippen LogP contribution is 2.54. The van der Waals surface area contributed by atoms with E-state index >= 15 is 0 Å². The fraction of sp³-hybridized carbons (Fsp3) is 0.185. The van der Waals surface area contributed by atoms with Gasteiger partial charge in [-0.2, -0.15) is 0 Å². The van der Waals surface area contributed by atoms with Crippen molar-refractivity contribution in [1.82, 2.24) is 4.90 Å². The van der Waals surface area contributed by atoms with Crippen LogP contribution >= 0.6 is 0 Å². The standard InChI is InChI=1S/C27H20N2O6/c1-34-27(33)17-9-4-5-10-18(17)29-25(31)20-21(26(29)32)23(24(30)19-11-6-14-35-19)28-13-12-15-7-2-3-8-16(15)22(20)28/h2-14,20-23H,1H3/t20-,21+,22+,23+/m0/s1. The van der Waals surface area contributed by atoms with Gasteiger partial charge in [-0.3, -0.25) is 14.4 Å². The minimum absolute atomic E-state index is 0.103. The molecule has 4 atom stereocenters. The Morgan fingerprint density at radius 3 is 2.43 bits per heavy atom. The lowest BCUT2D eigenvalue weighted by Crippen LogP contribution is -2.44. The van der Waals surface area contributed by atoms with Gasteiger partial charge in [-0.15, -0.1) is 0 Å². The molecule has 0 radical (unpaired) electrons. The molecule has 4 heterocycles. The van der Waals surface area contributed by atoms with Crippen molar-refractivity contribution in [2.24, 2.45) is 11.8 Å². The zero-order chi connectivity index (χ0) is 24.3. The fourth-order valence-electron chi connectivity index (χ4n) is 5.61. The average molecular weight is 468 g/mol. The molecule has 0 saturated carbocycles. The molecule has 174 valence electrons. The summed E-state index contributed by atoms with van der Waals surface area (Å²) >= 11 is 0. The third kappa shape index (κ3) is 2.92. The summed E-state index contributed by atoms with van der Waals surface area (Å²) in [5.74, 6) is -3.66. The zero-order valence-corrected chi connectivity index (χ0v) is 18.7. The molecule has 35 heavy (non-hydrogen) atoms. The van der Waals surface area contributed by atoms with Gasteiger partial charge in [0.15, 0.2) is 5.76 Å². The number of amides is 2. The minimum atomic E-state index is -0.952. The molecule has 3 aliphatic rings. The number of rotatable bonds is 4. The summed E-state index contributed by atoms with van der Waals surface area (Å²) in [5, 5.41) is 0. The van der Waals surface area contributed by atoms with E-state index in [-0.39, 0.29) is 22.8 Å². The summed E-state index contributed by atoms with van der Waals surface area (Å²) in [5.41, 5.74) is 2.04. The lowest BCUT2D eigenvalue weighted by molar-refractivity contribution is -0.123. The third-order valence-electron chi connectivity index (χ3n) is 7.04. The Bertz CT molecular complexity index is 1410. The van der Waals surface area contributed by atoms with E-state index in [0.29, 0.717) is 0 Å². The number of Topliss-reactive ketones (excluding diaryl/α,β-unsaturated/α-hetero) is 1. The summed E-state index contributed by atoms with van der Waals surface area (Å²) < 4.78 is 10.2. The van der Waals surface area contributed by atoms with Gasteiger partial charge < -0.3 is 14.1 Å². The Labute approximate surface area is 200 Å². The largest absolute Gasteiger partial charge is 0.465 e. The molecular weight excluding hydrogens is 448 g/mol. The zero-order valence-electron chi connectivity index (χ0n) is 18.7. The molecule has 1 aromatic heterocycles. The number of benzene rings is 2. The molecule has 2 fully saturated rings. The molecule has 8 heteroatoms. The number of para-hydroxylation sites is 1. The van der Waals surface area contributed by atoms with E-state index in [0.717, 1.165) is 16.0 Å². The van der Waals surface area contributed by atoms with Gasteiger partial charge in [-0.1, -0.05) is 36.4 Å². The van der Waals surface area contributed by atoms with Crippen LogP contribution in [0.4, 0.5) is 5.69 Å². The van der Waals surface area contributed by atoms with Crippen molar-refractivity contribution >= 4 is 35.3 Å². The van der Waals surface area contributed by atoms with Crippen LogP contribution in [0.5, 0.6) is 0 Å². The third-order valence-corrected chi connectivity index (χ3v) is 7.04. The number of imide groups is 1. The van der Waals surface area contributed by atoms with Crippen LogP contribution in [0.25, 0.3) is 6.08 Å². The van der Waals surface area contributed by atoms with Crippen LogP contribution in [0.15, 0.2) is 77.5 Å². The highest BCUT2D eigenvalue weighted by atomic mass is 16.5. The predicted octanol–water partition coefficient (Wildman–Crippen LogP) is 3.46. The predicted molar refractivity (Wildman–Crippen MR) is 124 cm³/mol. The maximum absolute atomic E-state index is 13.9. The molecule has 8 nitrogen and oxygen atoms in total. The monoisotopic (exact) mass is 468 g/mol. The van der Waals surface area contributed by atoms with E-state index in [1.165, 1.54) is 19.4 Å². The van der Waals surface area contributed by atoms with Crippen LogP contribution in [0, 0.1) is 11.8 Å². The number of furan rings is 1. The number of ether oxygens (including phenoxy) is 1. The first-order valence-corrected chi connectivity index (χ1v) is 11.2. The Hall–Kier alpha value is -4.46. The first-order chi connectivity index (χ1) is 17.0. The molecule has 2 aromatic carbocycles. The Morgan fingerprint density at radius 1 is 0.914 bits per heavy atom. The van der Waals surface area contributed by atoms with Crippen molar-refractivity contribution in [2.75, 3.05) is 12.0 Å². The number of hydrogen-bond donors (Lipinski definition) is 0. The first-order valence-electron chi connectivity index (χ1n) is 11.2. The van der Waals surface area contributed by atoms with Crippen molar-refractivity contribution in [3.05, 3.63) is 95.6 Å². The van der Waals surface area contributed by atoms with Crippen LogP contribution in [-0.2, 0) is 14.3 Å². The quantitative estimate of drug-likeness (QED) is 0.329. The summed E-state index contributed by atoms with van der Waals surface area (Å²) in [6.45, 7) is 0. The lowest BCUT2D eigenvalue weighted by atomic mass is 9.84. The van der Waals surface area contributed by atoms with Crippen molar-refractivity contribution in [1.29, 1.82) is 0 Å². The van der Waals surface area contributed by atoms with Crippen LogP contribution in [0.3, 0.4) is 0 Å². The van der Waals surface area contributed by atoms with Crippen molar-refractivity contribution in [2.45, 2.75) is 12.1 Å². The molecule has 0 aliphatic carbocycles. The maximum atomic E-state index is 13.9.